The maximum absolute atomic E-state index is 5.67. The number of likely N-dealkylation sites (N-methyl/N-ethyl adjacent to an activating group) is 2. The van der Waals surface area contributed by atoms with Crippen molar-refractivity contribution in [1.29, 1.82) is 0 Å². The molecule has 1 atom stereocenters. The Morgan fingerprint density at radius 3 is 2.89 bits per heavy atom. The second-order valence-corrected chi connectivity index (χ2v) is 6.15. The fraction of sp³-hybridized carbons (Fsp3) is 0.600. The average Bonchev–Trinajstić information content (AvgIpc) is 2.85. The number of anilines is 1. The topological polar surface area (TPSA) is 32.5 Å². The standard InChI is InChI=1S/C15H24BrN3/c1-3-19-8-4-5-13(19)11-18(2)15-7-6-12(10-17)9-14(15)16/h6-7,9,13H,3-5,8,10-11,17H2,1-2H3. The van der Waals surface area contributed by atoms with E-state index in [9.17, 15) is 0 Å². The number of halogens is 1. The summed E-state index contributed by atoms with van der Waals surface area (Å²) < 4.78 is 1.14. The lowest BCUT2D eigenvalue weighted by Gasteiger charge is -2.29. The Hall–Kier alpha value is -0.580. The lowest BCUT2D eigenvalue weighted by molar-refractivity contribution is 0.270. The van der Waals surface area contributed by atoms with Gasteiger partial charge in [0, 0.05) is 30.7 Å². The molecule has 0 aliphatic carbocycles. The number of likely N-dealkylation sites (tertiary alicyclic amines) is 1. The highest BCUT2D eigenvalue weighted by Crippen LogP contribution is 2.28. The van der Waals surface area contributed by atoms with Gasteiger partial charge in [0.25, 0.3) is 0 Å². The molecule has 1 aliphatic rings. The van der Waals surface area contributed by atoms with Gasteiger partial charge in [0.05, 0.1) is 5.69 Å². The summed E-state index contributed by atoms with van der Waals surface area (Å²) in [6.45, 7) is 6.35. The minimum atomic E-state index is 0.592. The van der Waals surface area contributed by atoms with E-state index < -0.39 is 0 Å². The van der Waals surface area contributed by atoms with E-state index in [4.69, 9.17) is 5.73 Å². The molecule has 0 amide bonds. The number of nitrogens with two attached hydrogens (primary N) is 1. The van der Waals surface area contributed by atoms with Crippen molar-refractivity contribution in [3.05, 3.63) is 28.2 Å². The van der Waals surface area contributed by atoms with Gasteiger partial charge in [-0.05, 0) is 59.6 Å². The minimum Gasteiger partial charge on any atom is -0.372 e. The maximum atomic E-state index is 5.67. The van der Waals surface area contributed by atoms with Gasteiger partial charge in [0.15, 0.2) is 0 Å². The highest BCUT2D eigenvalue weighted by atomic mass is 79.9. The molecule has 1 saturated heterocycles. The van der Waals surface area contributed by atoms with Gasteiger partial charge < -0.3 is 10.6 Å². The van der Waals surface area contributed by atoms with Crippen molar-refractivity contribution in [2.75, 3.05) is 31.6 Å². The SMILES string of the molecule is CCN1CCCC1CN(C)c1ccc(CN)cc1Br. The molecule has 1 fully saturated rings. The van der Waals surface area contributed by atoms with Crippen LogP contribution in [0.4, 0.5) is 5.69 Å². The monoisotopic (exact) mass is 325 g/mol. The quantitative estimate of drug-likeness (QED) is 0.903. The first-order valence-corrected chi connectivity index (χ1v) is 7.88. The molecular formula is C15H24BrN3. The second-order valence-electron chi connectivity index (χ2n) is 5.30. The molecule has 0 radical (unpaired) electrons. The van der Waals surface area contributed by atoms with Crippen LogP contribution in [-0.4, -0.2) is 37.6 Å². The molecule has 2 rings (SSSR count). The molecule has 106 valence electrons. The summed E-state index contributed by atoms with van der Waals surface area (Å²) in [5, 5.41) is 0. The van der Waals surface area contributed by atoms with Crippen molar-refractivity contribution in [2.24, 2.45) is 5.73 Å². The summed E-state index contributed by atoms with van der Waals surface area (Å²) in [6, 6.07) is 7.09. The van der Waals surface area contributed by atoms with Crippen molar-refractivity contribution in [2.45, 2.75) is 32.4 Å². The van der Waals surface area contributed by atoms with E-state index in [0.29, 0.717) is 12.6 Å². The van der Waals surface area contributed by atoms with E-state index >= 15 is 0 Å². The number of nitrogens with zero attached hydrogens (tertiary/aromatic N) is 2. The Labute approximate surface area is 124 Å². The third-order valence-corrected chi connectivity index (χ3v) is 4.68. The maximum Gasteiger partial charge on any atom is 0.0508 e. The molecule has 1 unspecified atom stereocenters. The second kappa shape index (κ2) is 6.73. The van der Waals surface area contributed by atoms with Crippen LogP contribution in [0.25, 0.3) is 0 Å². The molecule has 0 spiro atoms. The Balaban J connectivity index is 2.05. The summed E-state index contributed by atoms with van der Waals surface area (Å²) in [4.78, 5) is 4.93. The summed E-state index contributed by atoms with van der Waals surface area (Å²) in [5.41, 5.74) is 8.09. The normalized spacial score (nSPS) is 19.9. The minimum absolute atomic E-state index is 0.592. The van der Waals surface area contributed by atoms with Gasteiger partial charge in [-0.2, -0.15) is 0 Å². The number of benzene rings is 1. The fourth-order valence-corrected chi connectivity index (χ4v) is 3.65. The van der Waals surface area contributed by atoms with Crippen LogP contribution in [0.3, 0.4) is 0 Å². The predicted octanol–water partition coefficient (Wildman–Crippen LogP) is 2.83. The van der Waals surface area contributed by atoms with Crippen LogP contribution in [0, 0.1) is 0 Å². The molecule has 1 aromatic carbocycles. The Kier molecular flexibility index (Phi) is 5.25. The number of hydrogen-bond donors (Lipinski definition) is 1. The van der Waals surface area contributed by atoms with E-state index in [2.05, 4.69) is 57.9 Å². The van der Waals surface area contributed by atoms with Crippen LogP contribution in [0.2, 0.25) is 0 Å². The van der Waals surface area contributed by atoms with Crippen LogP contribution >= 0.6 is 15.9 Å². The molecule has 3 nitrogen and oxygen atoms in total. The van der Waals surface area contributed by atoms with Gasteiger partial charge in [-0.1, -0.05) is 13.0 Å². The summed E-state index contributed by atoms with van der Waals surface area (Å²) in [5.74, 6) is 0. The third kappa shape index (κ3) is 3.50. The summed E-state index contributed by atoms with van der Waals surface area (Å²) >= 11 is 3.66. The zero-order valence-corrected chi connectivity index (χ0v) is 13.5. The van der Waals surface area contributed by atoms with Crippen LogP contribution < -0.4 is 10.6 Å². The molecule has 1 aliphatic heterocycles. The third-order valence-electron chi connectivity index (χ3n) is 4.05. The van der Waals surface area contributed by atoms with Gasteiger partial charge >= 0.3 is 0 Å². The molecule has 0 bridgehead atoms. The van der Waals surface area contributed by atoms with Gasteiger partial charge in [-0.25, -0.2) is 0 Å². The highest BCUT2D eigenvalue weighted by molar-refractivity contribution is 9.10. The Morgan fingerprint density at radius 2 is 2.26 bits per heavy atom. The highest BCUT2D eigenvalue weighted by Gasteiger charge is 2.24. The largest absolute Gasteiger partial charge is 0.372 e. The lowest BCUT2D eigenvalue weighted by Crippen LogP contribution is -2.38. The first-order chi connectivity index (χ1) is 9.15. The fourth-order valence-electron chi connectivity index (χ4n) is 2.92. The molecule has 4 heteroatoms. The van der Waals surface area contributed by atoms with E-state index in [1.54, 1.807) is 0 Å². The van der Waals surface area contributed by atoms with Crippen molar-refractivity contribution in [3.63, 3.8) is 0 Å². The number of rotatable bonds is 5. The van der Waals surface area contributed by atoms with E-state index in [0.717, 1.165) is 17.6 Å². The summed E-state index contributed by atoms with van der Waals surface area (Å²) in [6.07, 6.45) is 2.65. The molecular weight excluding hydrogens is 302 g/mol. The molecule has 2 N–H and O–H groups in total. The zero-order valence-electron chi connectivity index (χ0n) is 11.9. The first kappa shape index (κ1) is 14.8. The molecule has 1 heterocycles. The number of hydrogen-bond acceptors (Lipinski definition) is 3. The van der Waals surface area contributed by atoms with E-state index in [-0.39, 0.29) is 0 Å². The van der Waals surface area contributed by atoms with Gasteiger partial charge in [-0.15, -0.1) is 0 Å². The molecule has 0 aromatic heterocycles. The smallest absolute Gasteiger partial charge is 0.0508 e. The van der Waals surface area contributed by atoms with Crippen LogP contribution in [0.1, 0.15) is 25.3 Å². The van der Waals surface area contributed by atoms with E-state index in [1.807, 2.05) is 0 Å². The van der Waals surface area contributed by atoms with Crippen LogP contribution in [0.15, 0.2) is 22.7 Å². The van der Waals surface area contributed by atoms with Gasteiger partial charge in [0.1, 0.15) is 0 Å². The molecule has 1 aromatic rings. The lowest BCUT2D eigenvalue weighted by atomic mass is 10.1. The predicted molar refractivity (Wildman–Crippen MR) is 85.6 cm³/mol. The van der Waals surface area contributed by atoms with Crippen LogP contribution in [-0.2, 0) is 6.54 Å². The first-order valence-electron chi connectivity index (χ1n) is 7.09. The summed E-state index contributed by atoms with van der Waals surface area (Å²) in [7, 11) is 2.17. The Bertz CT molecular complexity index is 422. The van der Waals surface area contributed by atoms with Crippen LogP contribution in [0.5, 0.6) is 0 Å². The van der Waals surface area contributed by atoms with Crippen molar-refractivity contribution in [3.8, 4) is 0 Å². The van der Waals surface area contributed by atoms with Crippen molar-refractivity contribution < 1.29 is 0 Å². The van der Waals surface area contributed by atoms with Gasteiger partial charge in [-0.3, -0.25) is 4.90 Å². The molecule has 0 saturated carbocycles. The van der Waals surface area contributed by atoms with Crippen molar-refractivity contribution in [1.82, 2.24) is 4.90 Å². The van der Waals surface area contributed by atoms with E-state index in [1.165, 1.54) is 30.6 Å². The Morgan fingerprint density at radius 1 is 1.47 bits per heavy atom. The van der Waals surface area contributed by atoms with Crippen molar-refractivity contribution >= 4 is 21.6 Å². The average molecular weight is 326 g/mol. The van der Waals surface area contributed by atoms with Gasteiger partial charge in [0.2, 0.25) is 0 Å². The zero-order chi connectivity index (χ0) is 13.8. The molecule has 19 heavy (non-hydrogen) atoms.